The van der Waals surface area contributed by atoms with Gasteiger partial charge in [-0.3, -0.25) is 4.99 Å². The van der Waals surface area contributed by atoms with Gasteiger partial charge in [0.25, 0.3) is 0 Å². The molecule has 2 aliphatic heterocycles. The molecule has 0 aromatic heterocycles. The highest BCUT2D eigenvalue weighted by molar-refractivity contribution is 7.90. The van der Waals surface area contributed by atoms with Gasteiger partial charge in [0.1, 0.15) is 16.7 Å². The van der Waals surface area contributed by atoms with E-state index in [1.165, 1.54) is 17.0 Å². The minimum atomic E-state index is -1.28. The number of carboxylic acid groups (broad SMARTS) is 1. The number of hydrogen-bond acceptors (Lipinski definition) is 6. The minimum Gasteiger partial charge on any atom is -0.598 e. The van der Waals surface area contributed by atoms with Crippen molar-refractivity contribution in [3.8, 4) is 0 Å². The molecule has 0 aliphatic carbocycles. The van der Waals surface area contributed by atoms with E-state index < -0.39 is 22.2 Å². The SMILES string of the molecule is CC(C)(C)[S+]([O-])NCC(c1ccc(F)cc1)N1C=CC=N[C@H]1C1CN(C(=O)O)CCN1. The molecule has 1 fully saturated rings. The summed E-state index contributed by atoms with van der Waals surface area (Å²) >= 11 is -1.28. The standard InChI is InChI=1S/C21H30FN5O3S/c1-21(2,3)31(30)25-13-18(15-5-7-16(22)8-6-15)27-11-4-9-24-19(27)17-14-26(20(28)29)12-10-23-17/h4-9,11,17-19,23,25H,10,12-14H2,1-3H3,(H,28,29)/t17?,18?,19-,31?/m1/s1. The van der Waals surface area contributed by atoms with E-state index in [2.05, 4.69) is 15.0 Å². The van der Waals surface area contributed by atoms with E-state index >= 15 is 0 Å². The highest BCUT2D eigenvalue weighted by atomic mass is 32.2. The van der Waals surface area contributed by atoms with E-state index in [0.29, 0.717) is 26.2 Å². The highest BCUT2D eigenvalue weighted by Crippen LogP contribution is 2.28. The number of aliphatic imine (C=N–C) groups is 1. The second-order valence-corrected chi connectivity index (χ2v) is 10.6. The van der Waals surface area contributed by atoms with Crippen LogP contribution in [-0.4, -0.2) is 74.9 Å². The van der Waals surface area contributed by atoms with Crippen molar-refractivity contribution < 1.29 is 18.8 Å². The molecule has 2 heterocycles. The fourth-order valence-corrected chi connectivity index (χ4v) is 4.39. The van der Waals surface area contributed by atoms with Gasteiger partial charge in [0.15, 0.2) is 0 Å². The lowest BCUT2D eigenvalue weighted by atomic mass is 10.0. The summed E-state index contributed by atoms with van der Waals surface area (Å²) < 4.78 is 28.9. The van der Waals surface area contributed by atoms with Crippen molar-refractivity contribution in [2.75, 3.05) is 26.2 Å². The largest absolute Gasteiger partial charge is 0.598 e. The van der Waals surface area contributed by atoms with Crippen molar-refractivity contribution in [3.05, 3.63) is 47.9 Å². The maximum absolute atomic E-state index is 13.6. The van der Waals surface area contributed by atoms with Crippen molar-refractivity contribution in [1.29, 1.82) is 0 Å². The molecule has 0 saturated carbocycles. The third kappa shape index (κ3) is 5.97. The Morgan fingerprint density at radius 3 is 2.77 bits per heavy atom. The molecule has 1 aromatic rings. The first kappa shape index (κ1) is 23.5. The fourth-order valence-electron chi connectivity index (χ4n) is 3.64. The number of amides is 1. The zero-order valence-corrected chi connectivity index (χ0v) is 18.8. The van der Waals surface area contributed by atoms with Gasteiger partial charge in [-0.15, -0.1) is 4.72 Å². The Kier molecular flexibility index (Phi) is 7.58. The number of carbonyl (C=O) groups is 1. The molecule has 3 N–H and O–H groups in total. The maximum Gasteiger partial charge on any atom is 0.407 e. The third-order valence-corrected chi connectivity index (χ3v) is 6.84. The Bertz CT molecular complexity index is 814. The second-order valence-electron chi connectivity index (χ2n) is 8.59. The van der Waals surface area contributed by atoms with Gasteiger partial charge in [-0.1, -0.05) is 12.1 Å². The van der Waals surface area contributed by atoms with E-state index in [-0.39, 0.29) is 24.1 Å². The first-order valence-electron chi connectivity index (χ1n) is 10.3. The van der Waals surface area contributed by atoms with Gasteiger partial charge in [-0.25, -0.2) is 9.18 Å². The summed E-state index contributed by atoms with van der Waals surface area (Å²) in [6.07, 6.45) is 4.09. The molecule has 8 nitrogen and oxygen atoms in total. The van der Waals surface area contributed by atoms with Crippen LogP contribution in [0.2, 0.25) is 0 Å². The molecule has 1 saturated heterocycles. The van der Waals surface area contributed by atoms with Gasteiger partial charge >= 0.3 is 6.09 Å². The summed E-state index contributed by atoms with van der Waals surface area (Å²) in [5, 5.41) is 12.8. The van der Waals surface area contributed by atoms with Gasteiger partial charge in [0.05, 0.1) is 18.6 Å². The topological polar surface area (TPSA) is 103 Å². The van der Waals surface area contributed by atoms with Crippen LogP contribution in [0.15, 0.2) is 41.5 Å². The van der Waals surface area contributed by atoms with Gasteiger partial charge in [-0.2, -0.15) is 0 Å². The lowest BCUT2D eigenvalue weighted by Crippen LogP contribution is -2.60. The van der Waals surface area contributed by atoms with Crippen LogP contribution in [0.1, 0.15) is 32.4 Å². The Hall–Kier alpha value is -2.14. The lowest BCUT2D eigenvalue weighted by Gasteiger charge is -2.43. The number of allylic oxidation sites excluding steroid dienone is 1. The van der Waals surface area contributed by atoms with Crippen LogP contribution in [0.25, 0.3) is 0 Å². The molecule has 2 aliphatic rings. The molecule has 4 atom stereocenters. The van der Waals surface area contributed by atoms with Crippen molar-refractivity contribution in [2.45, 2.75) is 43.8 Å². The molecule has 0 bridgehead atoms. The molecule has 3 unspecified atom stereocenters. The molecule has 0 radical (unpaired) electrons. The maximum atomic E-state index is 13.6. The van der Waals surface area contributed by atoms with Crippen molar-refractivity contribution >= 4 is 23.7 Å². The summed E-state index contributed by atoms with van der Waals surface area (Å²) in [7, 11) is 0. The van der Waals surface area contributed by atoms with Crippen molar-refractivity contribution in [1.82, 2.24) is 19.8 Å². The molecule has 170 valence electrons. The van der Waals surface area contributed by atoms with Gasteiger partial charge < -0.3 is 24.8 Å². The quantitative estimate of drug-likeness (QED) is 0.573. The first-order valence-corrected chi connectivity index (χ1v) is 11.4. The number of nitrogens with one attached hydrogen (secondary N) is 2. The van der Waals surface area contributed by atoms with Crippen LogP contribution in [0, 0.1) is 5.82 Å². The summed E-state index contributed by atoms with van der Waals surface area (Å²) in [6, 6.07) is 5.72. The first-order chi connectivity index (χ1) is 14.7. The predicted octanol–water partition coefficient (Wildman–Crippen LogP) is 2.10. The molecule has 1 amide bonds. The zero-order chi connectivity index (χ0) is 22.6. The van der Waals surface area contributed by atoms with E-state index in [1.54, 1.807) is 18.3 Å². The van der Waals surface area contributed by atoms with E-state index in [0.717, 1.165) is 5.56 Å². The molecule has 10 heteroatoms. The summed E-state index contributed by atoms with van der Waals surface area (Å²) in [5.41, 5.74) is 0.845. The van der Waals surface area contributed by atoms with Crippen LogP contribution < -0.4 is 10.0 Å². The molecular weight excluding hydrogens is 421 g/mol. The fraction of sp³-hybridized carbons (Fsp3) is 0.524. The monoisotopic (exact) mass is 451 g/mol. The van der Waals surface area contributed by atoms with Gasteiger partial charge in [-0.05, 0) is 44.5 Å². The number of benzene rings is 1. The average Bonchev–Trinajstić information content (AvgIpc) is 2.74. The van der Waals surface area contributed by atoms with Crippen molar-refractivity contribution in [3.63, 3.8) is 0 Å². The normalized spacial score (nSPS) is 23.6. The Balaban J connectivity index is 1.86. The molecule has 31 heavy (non-hydrogen) atoms. The summed E-state index contributed by atoms with van der Waals surface area (Å²) in [6.45, 7) is 7.29. The zero-order valence-electron chi connectivity index (χ0n) is 18.0. The second kappa shape index (κ2) is 9.99. The Labute approximate surface area is 185 Å². The molecular formula is C21H30FN5O3S. The van der Waals surface area contributed by atoms with Crippen LogP contribution in [0.5, 0.6) is 0 Å². The number of nitrogens with zero attached hydrogens (tertiary/aromatic N) is 3. The Morgan fingerprint density at radius 2 is 2.13 bits per heavy atom. The van der Waals surface area contributed by atoms with Crippen molar-refractivity contribution in [2.24, 2.45) is 4.99 Å². The van der Waals surface area contributed by atoms with E-state index in [1.807, 2.05) is 37.9 Å². The average molecular weight is 452 g/mol. The Morgan fingerprint density at radius 1 is 1.42 bits per heavy atom. The summed E-state index contributed by atoms with van der Waals surface area (Å²) in [5.74, 6) is -0.330. The summed E-state index contributed by atoms with van der Waals surface area (Å²) in [4.78, 5) is 19.5. The van der Waals surface area contributed by atoms with Crippen LogP contribution in [0.4, 0.5) is 9.18 Å². The van der Waals surface area contributed by atoms with E-state index in [9.17, 15) is 18.8 Å². The van der Waals surface area contributed by atoms with E-state index in [4.69, 9.17) is 0 Å². The van der Waals surface area contributed by atoms with Crippen LogP contribution in [0.3, 0.4) is 0 Å². The van der Waals surface area contributed by atoms with Crippen LogP contribution in [-0.2, 0) is 11.4 Å². The predicted molar refractivity (Wildman–Crippen MR) is 120 cm³/mol. The number of hydrogen-bond donors (Lipinski definition) is 3. The minimum absolute atomic E-state index is 0.220. The van der Waals surface area contributed by atoms with Gasteiger partial charge in [0.2, 0.25) is 0 Å². The molecule has 0 spiro atoms. The number of halogens is 1. The number of rotatable bonds is 6. The third-order valence-electron chi connectivity index (χ3n) is 5.30. The van der Waals surface area contributed by atoms with Gasteiger partial charge in [0, 0.05) is 43.4 Å². The van der Waals surface area contributed by atoms with Crippen LogP contribution >= 0.6 is 0 Å². The highest BCUT2D eigenvalue weighted by Gasteiger charge is 2.36. The number of piperazine rings is 1. The molecule has 1 aromatic carbocycles. The lowest BCUT2D eigenvalue weighted by molar-refractivity contribution is 0.0981. The molecule has 3 rings (SSSR count). The smallest absolute Gasteiger partial charge is 0.407 e.